The van der Waals surface area contributed by atoms with Crippen LogP contribution in [0.3, 0.4) is 0 Å². The lowest BCUT2D eigenvalue weighted by molar-refractivity contribution is -0.385. The van der Waals surface area contributed by atoms with Gasteiger partial charge in [-0.25, -0.2) is 9.78 Å². The number of aromatic carboxylic acids is 1. The van der Waals surface area contributed by atoms with E-state index in [1.165, 1.54) is 0 Å². The van der Waals surface area contributed by atoms with Crippen LogP contribution < -0.4 is 4.74 Å². The second-order valence-electron chi connectivity index (χ2n) is 4.02. The first kappa shape index (κ1) is 14.9. The van der Waals surface area contributed by atoms with Gasteiger partial charge in [0.15, 0.2) is 0 Å². The molecule has 0 amide bonds. The molecule has 0 radical (unpaired) electrons. The molecule has 1 heterocycles. The summed E-state index contributed by atoms with van der Waals surface area (Å²) in [5.74, 6) is -1.37. The molecule has 1 N–H and O–H groups in total. The molecule has 0 unspecified atom stereocenters. The van der Waals surface area contributed by atoms with Crippen LogP contribution in [0, 0.1) is 10.1 Å². The second kappa shape index (κ2) is 7.30. The average molecular weight is 268 g/mol. The largest absolute Gasteiger partial charge is 0.477 e. The van der Waals surface area contributed by atoms with Crippen LogP contribution in [0.2, 0.25) is 0 Å². The van der Waals surface area contributed by atoms with E-state index in [0.717, 1.165) is 37.9 Å². The van der Waals surface area contributed by atoms with Gasteiger partial charge in [-0.1, -0.05) is 26.2 Å². The Morgan fingerprint density at radius 1 is 1.47 bits per heavy atom. The number of ether oxygens (including phenoxy) is 1. The Morgan fingerprint density at radius 3 is 2.79 bits per heavy atom. The smallest absolute Gasteiger partial charge is 0.341 e. The number of carboxylic acid groups (broad SMARTS) is 1. The van der Waals surface area contributed by atoms with Crippen LogP contribution in [-0.4, -0.2) is 27.6 Å². The molecule has 0 aromatic carbocycles. The van der Waals surface area contributed by atoms with Gasteiger partial charge in [-0.15, -0.1) is 0 Å². The predicted molar refractivity (Wildman–Crippen MR) is 67.5 cm³/mol. The van der Waals surface area contributed by atoms with Crippen LogP contribution in [0.1, 0.15) is 43.0 Å². The number of unbranched alkanes of at least 4 members (excludes halogenated alkanes) is 3. The van der Waals surface area contributed by atoms with Gasteiger partial charge in [0.25, 0.3) is 5.69 Å². The highest BCUT2D eigenvalue weighted by Crippen LogP contribution is 2.21. The third kappa shape index (κ3) is 4.53. The lowest BCUT2D eigenvalue weighted by Crippen LogP contribution is -2.07. The number of hydrogen-bond donors (Lipinski definition) is 1. The van der Waals surface area contributed by atoms with Crippen molar-refractivity contribution in [3.8, 4) is 5.88 Å². The van der Waals surface area contributed by atoms with E-state index in [1.807, 2.05) is 0 Å². The zero-order valence-electron chi connectivity index (χ0n) is 10.7. The fourth-order valence-electron chi connectivity index (χ4n) is 1.51. The predicted octanol–water partition coefficient (Wildman–Crippen LogP) is 2.65. The van der Waals surface area contributed by atoms with Gasteiger partial charge in [0.2, 0.25) is 5.88 Å². The number of carbonyl (C=O) groups is 1. The molecule has 1 rings (SSSR count). The number of nitro groups is 1. The van der Waals surface area contributed by atoms with E-state index < -0.39 is 10.9 Å². The van der Waals surface area contributed by atoms with Crippen LogP contribution in [-0.2, 0) is 0 Å². The van der Waals surface area contributed by atoms with Crippen molar-refractivity contribution in [2.24, 2.45) is 0 Å². The van der Waals surface area contributed by atoms with Crippen LogP contribution >= 0.6 is 0 Å². The Bertz CT molecular complexity index is 461. The molecule has 1 aromatic rings. The molecule has 7 nitrogen and oxygen atoms in total. The van der Waals surface area contributed by atoms with Crippen molar-refractivity contribution in [2.75, 3.05) is 6.61 Å². The summed E-state index contributed by atoms with van der Waals surface area (Å²) in [5.41, 5.74) is -0.652. The average Bonchev–Trinajstić information content (AvgIpc) is 2.38. The molecule has 0 atom stereocenters. The van der Waals surface area contributed by atoms with E-state index >= 15 is 0 Å². The normalized spacial score (nSPS) is 10.2. The summed E-state index contributed by atoms with van der Waals surface area (Å²) >= 11 is 0. The van der Waals surface area contributed by atoms with Gasteiger partial charge in [-0.2, -0.15) is 0 Å². The molecule has 19 heavy (non-hydrogen) atoms. The highest BCUT2D eigenvalue weighted by molar-refractivity contribution is 5.90. The molecule has 0 aliphatic rings. The van der Waals surface area contributed by atoms with Crippen LogP contribution in [0.5, 0.6) is 5.88 Å². The molecule has 104 valence electrons. The minimum Gasteiger partial charge on any atom is -0.477 e. The molecular formula is C12H16N2O5. The van der Waals surface area contributed by atoms with Crippen molar-refractivity contribution < 1.29 is 19.6 Å². The van der Waals surface area contributed by atoms with Crippen molar-refractivity contribution in [1.29, 1.82) is 0 Å². The number of hydrogen-bond acceptors (Lipinski definition) is 5. The summed E-state index contributed by atoms with van der Waals surface area (Å²) in [6.07, 6.45) is 4.96. The number of rotatable bonds is 8. The van der Waals surface area contributed by atoms with E-state index in [4.69, 9.17) is 9.84 Å². The van der Waals surface area contributed by atoms with Crippen LogP contribution in [0.4, 0.5) is 5.69 Å². The monoisotopic (exact) mass is 268 g/mol. The standard InChI is InChI=1S/C12H16N2O5/c1-2-3-4-5-6-19-11-10(12(15)16)7-9(8-13-11)14(17)18/h7-8H,2-6H2,1H3,(H,15,16). The summed E-state index contributed by atoms with van der Waals surface area (Å²) in [6, 6.07) is 0.955. The summed E-state index contributed by atoms with van der Waals surface area (Å²) in [7, 11) is 0. The Balaban J connectivity index is 2.71. The van der Waals surface area contributed by atoms with E-state index in [2.05, 4.69) is 11.9 Å². The van der Waals surface area contributed by atoms with Crippen molar-refractivity contribution in [3.05, 3.63) is 27.9 Å². The summed E-state index contributed by atoms with van der Waals surface area (Å²) in [5, 5.41) is 19.5. The topological polar surface area (TPSA) is 103 Å². The van der Waals surface area contributed by atoms with E-state index in [1.54, 1.807) is 0 Å². The van der Waals surface area contributed by atoms with E-state index in [-0.39, 0.29) is 17.1 Å². The maximum absolute atomic E-state index is 11.0. The lowest BCUT2D eigenvalue weighted by Gasteiger charge is -2.07. The lowest BCUT2D eigenvalue weighted by atomic mass is 10.2. The Morgan fingerprint density at radius 2 is 2.21 bits per heavy atom. The Hall–Kier alpha value is -2.18. The molecule has 0 spiro atoms. The highest BCUT2D eigenvalue weighted by atomic mass is 16.6. The summed E-state index contributed by atoms with van der Waals surface area (Å²) in [4.78, 5) is 24.5. The molecule has 0 aliphatic carbocycles. The maximum atomic E-state index is 11.0. The second-order valence-corrected chi connectivity index (χ2v) is 4.02. The molecule has 0 fully saturated rings. The van der Waals surface area contributed by atoms with Crippen LogP contribution in [0.15, 0.2) is 12.3 Å². The molecule has 7 heteroatoms. The maximum Gasteiger partial charge on any atom is 0.341 e. The quantitative estimate of drug-likeness (QED) is 0.441. The van der Waals surface area contributed by atoms with E-state index in [9.17, 15) is 14.9 Å². The fourth-order valence-corrected chi connectivity index (χ4v) is 1.51. The molecular weight excluding hydrogens is 252 g/mol. The van der Waals surface area contributed by atoms with Gasteiger partial charge in [-0.05, 0) is 6.42 Å². The van der Waals surface area contributed by atoms with Gasteiger partial charge in [0.05, 0.1) is 11.5 Å². The minimum atomic E-state index is -1.29. The summed E-state index contributed by atoms with van der Waals surface area (Å²) < 4.78 is 5.27. The zero-order chi connectivity index (χ0) is 14.3. The van der Waals surface area contributed by atoms with Crippen molar-refractivity contribution in [2.45, 2.75) is 32.6 Å². The number of nitrogens with zero attached hydrogens (tertiary/aromatic N) is 2. The SMILES string of the molecule is CCCCCCOc1ncc([N+](=O)[O-])cc1C(=O)O. The molecule has 0 aliphatic heterocycles. The van der Waals surface area contributed by atoms with Crippen LogP contribution in [0.25, 0.3) is 0 Å². The Kier molecular flexibility index (Phi) is 5.72. The first-order valence-corrected chi connectivity index (χ1v) is 6.06. The number of aromatic nitrogens is 1. The third-order valence-electron chi connectivity index (χ3n) is 2.51. The van der Waals surface area contributed by atoms with Crippen molar-refractivity contribution in [1.82, 2.24) is 4.98 Å². The van der Waals surface area contributed by atoms with Gasteiger partial charge < -0.3 is 9.84 Å². The highest BCUT2D eigenvalue weighted by Gasteiger charge is 2.18. The number of carboxylic acids is 1. The van der Waals surface area contributed by atoms with Crippen molar-refractivity contribution in [3.63, 3.8) is 0 Å². The minimum absolute atomic E-state index is 0.0744. The fraction of sp³-hybridized carbons (Fsp3) is 0.500. The van der Waals surface area contributed by atoms with Gasteiger partial charge in [-0.3, -0.25) is 10.1 Å². The first-order chi connectivity index (χ1) is 9.06. The van der Waals surface area contributed by atoms with Gasteiger partial charge >= 0.3 is 5.97 Å². The zero-order valence-corrected chi connectivity index (χ0v) is 10.7. The molecule has 0 saturated carbocycles. The summed E-state index contributed by atoms with van der Waals surface area (Å²) in [6.45, 7) is 2.44. The molecule has 0 saturated heterocycles. The molecule has 0 bridgehead atoms. The van der Waals surface area contributed by atoms with Gasteiger partial charge in [0.1, 0.15) is 11.8 Å². The van der Waals surface area contributed by atoms with Crippen molar-refractivity contribution >= 4 is 11.7 Å². The third-order valence-corrected chi connectivity index (χ3v) is 2.51. The van der Waals surface area contributed by atoms with Gasteiger partial charge in [0, 0.05) is 6.07 Å². The first-order valence-electron chi connectivity index (χ1n) is 6.06. The molecule has 1 aromatic heterocycles. The number of pyridine rings is 1. The van der Waals surface area contributed by atoms with E-state index in [0.29, 0.717) is 6.61 Å². The Labute approximate surface area is 110 Å².